The maximum Gasteiger partial charge on any atom is 0.233 e. The normalized spacial score (nSPS) is 17.9. The van der Waals surface area contributed by atoms with Crippen LogP contribution < -0.4 is 5.32 Å². The van der Waals surface area contributed by atoms with E-state index in [9.17, 15) is 0 Å². The van der Waals surface area contributed by atoms with Crippen LogP contribution in [0.25, 0.3) is 17.0 Å². The van der Waals surface area contributed by atoms with Gasteiger partial charge in [0.2, 0.25) is 5.95 Å². The van der Waals surface area contributed by atoms with Crippen molar-refractivity contribution in [2.75, 3.05) is 19.7 Å². The van der Waals surface area contributed by atoms with Crippen molar-refractivity contribution in [3.05, 3.63) is 35.9 Å². The number of rotatable bonds is 6. The Morgan fingerprint density at radius 3 is 2.89 bits per heavy atom. The number of nitrogens with one attached hydrogen (secondary N) is 1. The van der Waals surface area contributed by atoms with E-state index in [1.54, 1.807) is 0 Å². The molecule has 27 heavy (non-hydrogen) atoms. The SMILES string of the molecule is Cc1nc(C[C@@H]2CNCCO2)n(-c2nc3ccccc3n2CCC(C)C)n1. The van der Waals surface area contributed by atoms with Crippen molar-refractivity contribution in [1.82, 2.24) is 29.6 Å². The minimum absolute atomic E-state index is 0.120. The van der Waals surface area contributed by atoms with Gasteiger partial charge in [-0.25, -0.2) is 9.97 Å². The molecule has 3 aromatic rings. The summed E-state index contributed by atoms with van der Waals surface area (Å²) in [5.74, 6) is 3.13. The lowest BCUT2D eigenvalue weighted by Crippen LogP contribution is -2.40. The number of hydrogen-bond acceptors (Lipinski definition) is 5. The lowest BCUT2D eigenvalue weighted by molar-refractivity contribution is 0.0277. The number of hydrogen-bond donors (Lipinski definition) is 1. The van der Waals surface area contributed by atoms with Gasteiger partial charge in [0.15, 0.2) is 0 Å². The summed E-state index contributed by atoms with van der Waals surface area (Å²) in [5.41, 5.74) is 2.13. The zero-order chi connectivity index (χ0) is 18.8. The Hall–Kier alpha value is -2.25. The predicted octanol–water partition coefficient (Wildman–Crippen LogP) is 2.50. The molecule has 1 aliphatic heterocycles. The number of ether oxygens (including phenoxy) is 1. The molecule has 1 N–H and O–H groups in total. The van der Waals surface area contributed by atoms with Crippen LogP contribution >= 0.6 is 0 Å². The maximum atomic E-state index is 5.88. The van der Waals surface area contributed by atoms with E-state index in [-0.39, 0.29) is 6.10 Å². The molecule has 1 saturated heterocycles. The molecule has 1 aromatic carbocycles. The number of nitrogens with zero attached hydrogens (tertiary/aromatic N) is 5. The molecule has 0 aliphatic carbocycles. The summed E-state index contributed by atoms with van der Waals surface area (Å²) in [6.07, 6.45) is 1.93. The van der Waals surface area contributed by atoms with Gasteiger partial charge >= 0.3 is 0 Å². The molecule has 0 amide bonds. The first-order chi connectivity index (χ1) is 13.1. The molecule has 2 aromatic heterocycles. The summed E-state index contributed by atoms with van der Waals surface area (Å²) in [4.78, 5) is 9.57. The van der Waals surface area contributed by atoms with E-state index in [1.807, 2.05) is 17.7 Å². The molecule has 144 valence electrons. The van der Waals surface area contributed by atoms with Crippen LogP contribution in [0.2, 0.25) is 0 Å². The highest BCUT2D eigenvalue weighted by Crippen LogP contribution is 2.22. The van der Waals surface area contributed by atoms with Gasteiger partial charge in [-0.15, -0.1) is 5.10 Å². The van der Waals surface area contributed by atoms with Gasteiger partial charge in [-0.1, -0.05) is 26.0 Å². The number of morpholine rings is 1. The maximum absolute atomic E-state index is 5.88. The average Bonchev–Trinajstić information content (AvgIpc) is 3.20. The summed E-state index contributed by atoms with van der Waals surface area (Å²) >= 11 is 0. The smallest absolute Gasteiger partial charge is 0.233 e. The Balaban J connectivity index is 1.74. The van der Waals surface area contributed by atoms with Gasteiger partial charge in [0.25, 0.3) is 0 Å². The number of imidazole rings is 1. The molecular weight excluding hydrogens is 340 g/mol. The van der Waals surface area contributed by atoms with Crippen LogP contribution in [-0.2, 0) is 17.7 Å². The van der Waals surface area contributed by atoms with Gasteiger partial charge < -0.3 is 14.6 Å². The van der Waals surface area contributed by atoms with E-state index >= 15 is 0 Å². The summed E-state index contributed by atoms with van der Waals surface area (Å²) in [6.45, 7) is 9.83. The molecule has 0 unspecified atom stereocenters. The van der Waals surface area contributed by atoms with E-state index < -0.39 is 0 Å². The van der Waals surface area contributed by atoms with Crippen molar-refractivity contribution in [2.45, 2.75) is 46.3 Å². The number of para-hydroxylation sites is 2. The molecule has 7 nitrogen and oxygen atoms in total. The second kappa shape index (κ2) is 7.78. The molecule has 1 atom stereocenters. The summed E-state index contributed by atoms with van der Waals surface area (Å²) in [7, 11) is 0. The minimum Gasteiger partial charge on any atom is -0.375 e. The lowest BCUT2D eigenvalue weighted by Gasteiger charge is -2.23. The molecule has 1 fully saturated rings. The quantitative estimate of drug-likeness (QED) is 0.724. The Morgan fingerprint density at radius 2 is 2.11 bits per heavy atom. The van der Waals surface area contributed by atoms with Crippen LogP contribution in [0, 0.1) is 12.8 Å². The van der Waals surface area contributed by atoms with Crippen molar-refractivity contribution in [1.29, 1.82) is 0 Å². The Kier molecular flexibility index (Phi) is 5.22. The zero-order valence-electron chi connectivity index (χ0n) is 16.4. The summed E-state index contributed by atoms with van der Waals surface area (Å²) < 4.78 is 10.1. The van der Waals surface area contributed by atoms with Crippen molar-refractivity contribution < 1.29 is 4.74 Å². The topological polar surface area (TPSA) is 69.8 Å². The first kappa shape index (κ1) is 18.1. The van der Waals surface area contributed by atoms with Gasteiger partial charge in [-0.2, -0.15) is 4.68 Å². The third-order valence-electron chi connectivity index (χ3n) is 4.95. The number of aryl methyl sites for hydroxylation is 2. The van der Waals surface area contributed by atoms with E-state index in [2.05, 4.69) is 52.0 Å². The second-order valence-corrected chi connectivity index (χ2v) is 7.62. The fourth-order valence-corrected chi connectivity index (χ4v) is 3.54. The molecular formula is C20H28N6O. The average molecular weight is 368 g/mol. The fourth-order valence-electron chi connectivity index (χ4n) is 3.54. The number of fused-ring (bicyclic) bond motifs is 1. The second-order valence-electron chi connectivity index (χ2n) is 7.62. The molecule has 0 radical (unpaired) electrons. The molecule has 0 spiro atoms. The van der Waals surface area contributed by atoms with E-state index in [0.29, 0.717) is 5.92 Å². The van der Waals surface area contributed by atoms with Crippen LogP contribution in [0.4, 0.5) is 0 Å². The van der Waals surface area contributed by atoms with E-state index in [1.165, 1.54) is 0 Å². The van der Waals surface area contributed by atoms with Gasteiger partial charge in [0, 0.05) is 26.1 Å². The van der Waals surface area contributed by atoms with Crippen LogP contribution in [0.3, 0.4) is 0 Å². The molecule has 0 bridgehead atoms. The van der Waals surface area contributed by atoms with Crippen LogP contribution in [0.15, 0.2) is 24.3 Å². The Morgan fingerprint density at radius 1 is 1.26 bits per heavy atom. The largest absolute Gasteiger partial charge is 0.375 e. The third-order valence-corrected chi connectivity index (χ3v) is 4.95. The van der Waals surface area contributed by atoms with Gasteiger partial charge in [0.1, 0.15) is 11.6 Å². The van der Waals surface area contributed by atoms with Crippen molar-refractivity contribution in [3.63, 3.8) is 0 Å². The molecule has 4 rings (SSSR count). The van der Waals surface area contributed by atoms with Gasteiger partial charge in [0.05, 0.1) is 23.7 Å². The summed E-state index contributed by atoms with van der Waals surface area (Å²) in [6, 6.07) is 8.28. The minimum atomic E-state index is 0.120. The van der Waals surface area contributed by atoms with Crippen LogP contribution in [-0.4, -0.2) is 50.1 Å². The lowest BCUT2D eigenvalue weighted by atomic mass is 10.1. The van der Waals surface area contributed by atoms with Gasteiger partial charge in [-0.05, 0) is 31.4 Å². The highest BCUT2D eigenvalue weighted by molar-refractivity contribution is 5.77. The Bertz CT molecular complexity index is 906. The standard InChI is InChI=1S/C20H28N6O/c1-14(2)8-10-25-18-7-5-4-6-17(18)23-20(25)26-19(22-15(3)24-26)12-16-13-21-9-11-27-16/h4-7,14,16,21H,8-13H2,1-3H3/t16-/m1/s1. The molecule has 7 heteroatoms. The van der Waals surface area contributed by atoms with Crippen molar-refractivity contribution in [2.24, 2.45) is 5.92 Å². The zero-order valence-corrected chi connectivity index (χ0v) is 16.4. The molecule has 0 saturated carbocycles. The monoisotopic (exact) mass is 368 g/mol. The van der Waals surface area contributed by atoms with Crippen LogP contribution in [0.5, 0.6) is 0 Å². The van der Waals surface area contributed by atoms with Crippen molar-refractivity contribution >= 4 is 11.0 Å². The summed E-state index contributed by atoms with van der Waals surface area (Å²) in [5, 5.41) is 8.06. The molecule has 1 aliphatic rings. The van der Waals surface area contributed by atoms with E-state index in [4.69, 9.17) is 9.72 Å². The highest BCUT2D eigenvalue weighted by Gasteiger charge is 2.22. The fraction of sp³-hybridized carbons (Fsp3) is 0.550. The number of aromatic nitrogens is 5. The molecule has 3 heterocycles. The van der Waals surface area contributed by atoms with Gasteiger partial charge in [-0.3, -0.25) is 0 Å². The third kappa shape index (κ3) is 3.89. The van der Waals surface area contributed by atoms with Crippen molar-refractivity contribution in [3.8, 4) is 5.95 Å². The first-order valence-corrected chi connectivity index (χ1v) is 9.82. The number of benzene rings is 1. The Labute approximate surface area is 159 Å². The van der Waals surface area contributed by atoms with Crippen LogP contribution in [0.1, 0.15) is 31.9 Å². The first-order valence-electron chi connectivity index (χ1n) is 9.82. The highest BCUT2D eigenvalue weighted by atomic mass is 16.5. The van der Waals surface area contributed by atoms with E-state index in [0.717, 1.165) is 67.7 Å². The predicted molar refractivity (Wildman–Crippen MR) is 105 cm³/mol.